The number of hydrogen-bond donors (Lipinski definition) is 0. The van der Waals surface area contributed by atoms with Crippen LogP contribution in [-0.4, -0.2) is 0 Å². The fourth-order valence-corrected chi connectivity index (χ4v) is 2.35. The second-order valence-electron chi connectivity index (χ2n) is 6.06. The van der Waals surface area contributed by atoms with E-state index in [9.17, 15) is 17.6 Å². The Morgan fingerprint density at radius 3 is 1.43 bits per heavy atom. The molecule has 0 aliphatic rings. The molecular weight excluding hydrogens is 304 g/mol. The molecule has 0 atom stereocenters. The maximum absolute atomic E-state index is 12.9. The van der Waals surface area contributed by atoms with Gasteiger partial charge in [-0.2, -0.15) is 0 Å². The summed E-state index contributed by atoms with van der Waals surface area (Å²) in [5, 5.41) is 0. The minimum Gasteiger partial charge on any atom is -0.204 e. The van der Waals surface area contributed by atoms with Crippen LogP contribution in [0.4, 0.5) is 17.6 Å². The molecule has 0 saturated carbocycles. The third-order valence-electron chi connectivity index (χ3n) is 3.79. The molecule has 0 amide bonds. The first-order chi connectivity index (χ1) is 10.6. The SMILES string of the molecule is CC(C)c1c(F)c(F)cc(F)c1F.Cc1cc(C)c(C)c(C)c1. The maximum Gasteiger partial charge on any atom is 0.165 e. The van der Waals surface area contributed by atoms with Crippen LogP contribution in [0.1, 0.15) is 47.6 Å². The fraction of sp³-hybridized carbons (Fsp3) is 0.368. The molecule has 0 aliphatic heterocycles. The molecule has 0 fully saturated rings. The molecule has 0 radical (unpaired) electrons. The minimum absolute atomic E-state index is 0.205. The highest BCUT2D eigenvalue weighted by Crippen LogP contribution is 2.25. The number of halogens is 4. The van der Waals surface area contributed by atoms with Gasteiger partial charge in [-0.05, 0) is 50.3 Å². The van der Waals surface area contributed by atoms with Gasteiger partial charge in [0, 0.05) is 11.6 Å². The van der Waals surface area contributed by atoms with Gasteiger partial charge >= 0.3 is 0 Å². The van der Waals surface area contributed by atoms with E-state index in [2.05, 4.69) is 39.8 Å². The Labute approximate surface area is 135 Å². The summed E-state index contributed by atoms with van der Waals surface area (Å²) in [6.07, 6.45) is 0. The van der Waals surface area contributed by atoms with Gasteiger partial charge < -0.3 is 0 Å². The van der Waals surface area contributed by atoms with Gasteiger partial charge in [0.1, 0.15) is 0 Å². The van der Waals surface area contributed by atoms with E-state index < -0.39 is 34.8 Å². The monoisotopic (exact) mass is 326 g/mol. The highest BCUT2D eigenvalue weighted by molar-refractivity contribution is 5.36. The molecule has 126 valence electrons. The Balaban J connectivity index is 0.000000238. The predicted molar refractivity (Wildman–Crippen MR) is 85.8 cm³/mol. The Kier molecular flexibility index (Phi) is 6.37. The van der Waals surface area contributed by atoms with Gasteiger partial charge in [0.15, 0.2) is 23.3 Å². The Morgan fingerprint density at radius 1 is 0.696 bits per heavy atom. The van der Waals surface area contributed by atoms with Gasteiger partial charge in [-0.25, -0.2) is 17.6 Å². The minimum atomic E-state index is -1.36. The van der Waals surface area contributed by atoms with Gasteiger partial charge in [-0.1, -0.05) is 31.5 Å². The zero-order valence-corrected chi connectivity index (χ0v) is 14.3. The van der Waals surface area contributed by atoms with Crippen molar-refractivity contribution in [1.29, 1.82) is 0 Å². The van der Waals surface area contributed by atoms with Gasteiger partial charge in [0.2, 0.25) is 0 Å². The maximum atomic E-state index is 12.9. The van der Waals surface area contributed by atoms with Crippen molar-refractivity contribution < 1.29 is 17.6 Å². The average Bonchev–Trinajstić information content (AvgIpc) is 2.43. The summed E-state index contributed by atoms with van der Waals surface area (Å²) in [6, 6.07) is 4.65. The summed E-state index contributed by atoms with van der Waals surface area (Å²) in [7, 11) is 0. The second kappa shape index (κ2) is 7.62. The third kappa shape index (κ3) is 4.57. The summed E-state index contributed by atoms with van der Waals surface area (Å²) in [4.78, 5) is 0. The topological polar surface area (TPSA) is 0 Å². The summed E-state index contributed by atoms with van der Waals surface area (Å²) < 4.78 is 51.0. The normalized spacial score (nSPS) is 10.6. The lowest BCUT2D eigenvalue weighted by Crippen LogP contribution is -2.03. The van der Waals surface area contributed by atoms with Gasteiger partial charge in [-0.15, -0.1) is 0 Å². The van der Waals surface area contributed by atoms with Crippen molar-refractivity contribution in [3.63, 3.8) is 0 Å². The smallest absolute Gasteiger partial charge is 0.165 e. The van der Waals surface area contributed by atoms with E-state index in [1.165, 1.54) is 36.1 Å². The first kappa shape index (κ1) is 19.2. The Bertz CT molecular complexity index is 654. The summed E-state index contributed by atoms with van der Waals surface area (Å²) in [5.41, 5.74) is 5.04. The second-order valence-corrected chi connectivity index (χ2v) is 6.06. The molecule has 0 aliphatic carbocycles. The molecule has 0 heterocycles. The molecule has 0 nitrogen and oxygen atoms in total. The molecule has 0 aromatic heterocycles. The van der Waals surface area contributed by atoms with E-state index in [1.807, 2.05) is 0 Å². The van der Waals surface area contributed by atoms with E-state index in [4.69, 9.17) is 0 Å². The summed E-state index contributed by atoms with van der Waals surface area (Å²) in [5.74, 6) is -5.93. The molecule has 0 saturated heterocycles. The van der Waals surface area contributed by atoms with Crippen molar-refractivity contribution in [2.45, 2.75) is 47.5 Å². The van der Waals surface area contributed by atoms with Crippen molar-refractivity contribution in [2.75, 3.05) is 0 Å². The molecule has 2 aromatic rings. The lowest BCUT2D eigenvalue weighted by Gasteiger charge is -2.09. The van der Waals surface area contributed by atoms with Crippen LogP contribution in [0.25, 0.3) is 0 Å². The van der Waals surface area contributed by atoms with E-state index in [-0.39, 0.29) is 6.07 Å². The molecular formula is C19H22F4. The van der Waals surface area contributed by atoms with Crippen LogP contribution in [0.2, 0.25) is 0 Å². The number of aryl methyl sites for hydroxylation is 3. The average molecular weight is 326 g/mol. The van der Waals surface area contributed by atoms with Crippen LogP contribution in [0, 0.1) is 51.0 Å². The molecule has 0 N–H and O–H groups in total. The first-order valence-electron chi connectivity index (χ1n) is 7.43. The Morgan fingerprint density at radius 2 is 1.09 bits per heavy atom. The zero-order chi connectivity index (χ0) is 17.9. The van der Waals surface area contributed by atoms with E-state index in [0.29, 0.717) is 0 Å². The fourth-order valence-electron chi connectivity index (χ4n) is 2.35. The highest BCUT2D eigenvalue weighted by Gasteiger charge is 2.20. The molecule has 23 heavy (non-hydrogen) atoms. The summed E-state index contributed by atoms with van der Waals surface area (Å²) >= 11 is 0. The van der Waals surface area contributed by atoms with Crippen LogP contribution < -0.4 is 0 Å². The number of hydrogen-bond acceptors (Lipinski definition) is 0. The third-order valence-corrected chi connectivity index (χ3v) is 3.79. The van der Waals surface area contributed by atoms with E-state index >= 15 is 0 Å². The summed E-state index contributed by atoms with van der Waals surface area (Å²) in [6.45, 7) is 11.6. The lowest BCUT2D eigenvalue weighted by atomic mass is 10.0. The lowest BCUT2D eigenvalue weighted by molar-refractivity contribution is 0.432. The van der Waals surface area contributed by atoms with Crippen molar-refractivity contribution in [2.24, 2.45) is 0 Å². The number of benzene rings is 2. The molecule has 4 heteroatoms. The highest BCUT2D eigenvalue weighted by atomic mass is 19.2. The zero-order valence-electron chi connectivity index (χ0n) is 14.3. The van der Waals surface area contributed by atoms with E-state index in [0.717, 1.165) is 0 Å². The van der Waals surface area contributed by atoms with Crippen molar-refractivity contribution >= 4 is 0 Å². The molecule has 0 bridgehead atoms. The Hall–Kier alpha value is -1.84. The first-order valence-corrected chi connectivity index (χ1v) is 7.43. The van der Waals surface area contributed by atoms with Gasteiger partial charge in [0.05, 0.1) is 0 Å². The number of rotatable bonds is 1. The van der Waals surface area contributed by atoms with Crippen LogP contribution in [0.5, 0.6) is 0 Å². The molecule has 0 spiro atoms. The molecule has 0 unspecified atom stereocenters. The molecule has 2 rings (SSSR count). The quantitative estimate of drug-likeness (QED) is 0.427. The largest absolute Gasteiger partial charge is 0.204 e. The van der Waals surface area contributed by atoms with Crippen LogP contribution in [-0.2, 0) is 0 Å². The predicted octanol–water partition coefficient (Wildman–Crippen LogP) is 6.29. The van der Waals surface area contributed by atoms with Crippen LogP contribution in [0.3, 0.4) is 0 Å². The molecule has 2 aromatic carbocycles. The van der Waals surface area contributed by atoms with Gasteiger partial charge in [0.25, 0.3) is 0 Å². The van der Waals surface area contributed by atoms with E-state index in [1.54, 1.807) is 0 Å². The van der Waals surface area contributed by atoms with Crippen molar-refractivity contribution in [1.82, 2.24) is 0 Å². The van der Waals surface area contributed by atoms with Crippen LogP contribution in [0.15, 0.2) is 18.2 Å². The van der Waals surface area contributed by atoms with Crippen LogP contribution >= 0.6 is 0 Å². The van der Waals surface area contributed by atoms with Gasteiger partial charge in [-0.3, -0.25) is 0 Å². The van der Waals surface area contributed by atoms with Crippen molar-refractivity contribution in [3.05, 3.63) is 69.3 Å². The van der Waals surface area contributed by atoms with Crippen molar-refractivity contribution in [3.8, 4) is 0 Å². The standard InChI is InChI=1S/C10H14.C9H8F4/c1-7-5-8(2)10(4)9(3)6-7;1-4(2)7-8(12)5(10)3-6(11)9(7)13/h5-6H,1-4H3;3-4H,1-2H3.